The van der Waals surface area contributed by atoms with Gasteiger partial charge in [-0.1, -0.05) is 42.3 Å². The highest BCUT2D eigenvalue weighted by molar-refractivity contribution is 7.92. The minimum absolute atomic E-state index is 0.126. The molecule has 6 nitrogen and oxygen atoms in total. The molecule has 3 aromatic carbocycles. The summed E-state index contributed by atoms with van der Waals surface area (Å²) in [5.74, 6) is 3.77. The van der Waals surface area contributed by atoms with Crippen molar-refractivity contribution in [2.45, 2.75) is 34.2 Å². The summed E-state index contributed by atoms with van der Waals surface area (Å²) in [6.07, 6.45) is -11.2. The van der Waals surface area contributed by atoms with Crippen molar-refractivity contribution >= 4 is 25.5 Å². The van der Waals surface area contributed by atoms with Crippen LogP contribution in [0.5, 0.6) is 0 Å². The highest BCUT2D eigenvalue weighted by Crippen LogP contribution is 2.44. The summed E-state index contributed by atoms with van der Waals surface area (Å²) < 4.78 is 133. The third-order valence-electron chi connectivity index (χ3n) is 5.57. The number of hydrogen-bond acceptors (Lipinski definition) is 5. The Hall–Kier alpha value is -3.54. The zero-order valence-electron chi connectivity index (χ0n) is 20.5. The fourth-order valence-corrected chi connectivity index (χ4v) is 5.69. The Balaban J connectivity index is 2.22. The topological polar surface area (TPSA) is 91.8 Å². The van der Waals surface area contributed by atoms with E-state index in [-0.39, 0.29) is 14.8 Å². The molecule has 0 radical (unpaired) electrons. The van der Waals surface area contributed by atoms with Gasteiger partial charge in [0.25, 0.3) is 15.6 Å². The summed E-state index contributed by atoms with van der Waals surface area (Å²) in [5.41, 5.74) is -6.15. The molecule has 0 aliphatic rings. The summed E-state index contributed by atoms with van der Waals surface area (Å²) >= 11 is 0. The SMILES string of the molecule is CS(=O)(=O)c1ccc(C#CC(O)(c2ccccc2N(CCC(F)(F)F)S(=O)(=O)c2ccccc2)C(F)(F)F)cc1. The van der Waals surface area contributed by atoms with E-state index < -0.39 is 66.9 Å². The van der Waals surface area contributed by atoms with E-state index in [0.29, 0.717) is 6.07 Å². The van der Waals surface area contributed by atoms with Crippen LogP contribution in [0.15, 0.2) is 88.7 Å². The van der Waals surface area contributed by atoms with Crippen molar-refractivity contribution < 1.29 is 48.3 Å². The number of anilines is 1. The van der Waals surface area contributed by atoms with E-state index in [2.05, 4.69) is 5.92 Å². The summed E-state index contributed by atoms with van der Waals surface area (Å²) in [4.78, 5) is -0.625. The van der Waals surface area contributed by atoms with Crippen LogP contribution >= 0.6 is 0 Å². The standard InChI is InChI=1S/C26H21F6NO5S2/c1-39(35,36)20-13-11-19(12-14-20)15-16-24(34,26(30,31)32)22-9-5-6-10-23(22)33(18-17-25(27,28)29)40(37,38)21-7-3-2-4-8-21/h2-14,34H,17-18H2,1H3. The minimum Gasteiger partial charge on any atom is -0.366 e. The van der Waals surface area contributed by atoms with E-state index in [0.717, 1.165) is 60.9 Å². The molecule has 0 bridgehead atoms. The Morgan fingerprint density at radius 2 is 1.32 bits per heavy atom. The predicted octanol–water partition coefficient (Wildman–Crippen LogP) is 5.04. The van der Waals surface area contributed by atoms with E-state index in [1.807, 2.05) is 0 Å². The largest absolute Gasteiger partial charge is 0.433 e. The van der Waals surface area contributed by atoms with Crippen molar-refractivity contribution in [3.05, 3.63) is 90.0 Å². The lowest BCUT2D eigenvalue weighted by Gasteiger charge is -2.32. The number of benzene rings is 3. The van der Waals surface area contributed by atoms with Crippen molar-refractivity contribution in [3.8, 4) is 11.8 Å². The molecule has 1 N–H and O–H groups in total. The molecule has 1 atom stereocenters. The highest BCUT2D eigenvalue weighted by atomic mass is 32.2. The van der Waals surface area contributed by atoms with Gasteiger partial charge in [0.15, 0.2) is 9.84 Å². The van der Waals surface area contributed by atoms with Crippen molar-refractivity contribution in [1.82, 2.24) is 0 Å². The van der Waals surface area contributed by atoms with Crippen LogP contribution in [-0.2, 0) is 25.5 Å². The van der Waals surface area contributed by atoms with Gasteiger partial charge in [-0.2, -0.15) is 26.3 Å². The first-order valence-corrected chi connectivity index (χ1v) is 14.6. The first kappa shape index (κ1) is 31.0. The van der Waals surface area contributed by atoms with Crippen LogP contribution in [0.25, 0.3) is 0 Å². The summed E-state index contributed by atoms with van der Waals surface area (Å²) in [6, 6.07) is 14.2. The summed E-state index contributed by atoms with van der Waals surface area (Å²) in [7, 11) is -8.46. The molecule has 0 fully saturated rings. The minimum atomic E-state index is -5.55. The molecule has 0 spiro atoms. The molecule has 40 heavy (non-hydrogen) atoms. The second-order valence-corrected chi connectivity index (χ2v) is 12.4. The number of alkyl halides is 6. The molecule has 0 amide bonds. The number of rotatable bonds is 7. The van der Waals surface area contributed by atoms with Gasteiger partial charge in [-0.3, -0.25) is 4.31 Å². The van der Waals surface area contributed by atoms with Gasteiger partial charge in [0.05, 0.1) is 21.9 Å². The third-order valence-corrected chi connectivity index (χ3v) is 8.53. The molecular formula is C26H21F6NO5S2. The maximum atomic E-state index is 14.4. The van der Waals surface area contributed by atoms with Crippen LogP contribution < -0.4 is 4.31 Å². The molecule has 3 aromatic rings. The number of sulfone groups is 1. The lowest BCUT2D eigenvalue weighted by Crippen LogP contribution is -2.43. The van der Waals surface area contributed by atoms with Crippen LogP contribution in [0.4, 0.5) is 32.0 Å². The summed E-state index contributed by atoms with van der Waals surface area (Å²) in [5, 5.41) is 10.9. The molecule has 14 heteroatoms. The second kappa shape index (κ2) is 11.1. The fourth-order valence-electron chi connectivity index (χ4n) is 3.55. The molecule has 214 valence electrons. The number of nitrogens with zero attached hydrogens (tertiary/aromatic N) is 1. The lowest BCUT2D eigenvalue weighted by molar-refractivity contribution is -0.240. The normalized spacial score (nSPS) is 14.1. The van der Waals surface area contributed by atoms with Gasteiger partial charge in [0, 0.05) is 23.9 Å². The van der Waals surface area contributed by atoms with Crippen molar-refractivity contribution in [2.24, 2.45) is 0 Å². The molecular weight excluding hydrogens is 584 g/mol. The van der Waals surface area contributed by atoms with Gasteiger partial charge in [-0.25, -0.2) is 16.8 Å². The van der Waals surface area contributed by atoms with Crippen LogP contribution in [0.1, 0.15) is 17.5 Å². The quantitative estimate of drug-likeness (QED) is 0.301. The first-order chi connectivity index (χ1) is 18.4. The Morgan fingerprint density at radius 3 is 1.85 bits per heavy atom. The number of hydrogen-bond donors (Lipinski definition) is 1. The third kappa shape index (κ3) is 6.96. The average Bonchev–Trinajstić information content (AvgIpc) is 2.86. The molecule has 0 aliphatic carbocycles. The predicted molar refractivity (Wildman–Crippen MR) is 134 cm³/mol. The molecule has 3 rings (SSSR count). The van der Waals surface area contributed by atoms with Gasteiger partial charge >= 0.3 is 12.4 Å². The van der Waals surface area contributed by atoms with Crippen molar-refractivity contribution in [3.63, 3.8) is 0 Å². The van der Waals surface area contributed by atoms with Gasteiger partial charge in [0.1, 0.15) is 0 Å². The van der Waals surface area contributed by atoms with Gasteiger partial charge in [-0.05, 0) is 48.4 Å². The number of aliphatic hydroxyl groups is 1. The first-order valence-electron chi connectivity index (χ1n) is 11.2. The number of para-hydroxylation sites is 1. The van der Waals surface area contributed by atoms with Crippen LogP contribution in [0, 0.1) is 11.8 Å². The van der Waals surface area contributed by atoms with Gasteiger partial charge in [0.2, 0.25) is 0 Å². The lowest BCUT2D eigenvalue weighted by atomic mass is 9.91. The number of sulfonamides is 1. The van der Waals surface area contributed by atoms with E-state index in [1.54, 1.807) is 5.92 Å². The van der Waals surface area contributed by atoms with Crippen LogP contribution in [0.2, 0.25) is 0 Å². The Morgan fingerprint density at radius 1 is 0.775 bits per heavy atom. The van der Waals surface area contributed by atoms with E-state index in [4.69, 9.17) is 0 Å². The average molecular weight is 606 g/mol. The maximum Gasteiger partial charge on any atom is 0.433 e. The molecule has 0 saturated heterocycles. The fraction of sp³-hybridized carbons (Fsp3) is 0.231. The molecule has 0 heterocycles. The van der Waals surface area contributed by atoms with Crippen molar-refractivity contribution in [2.75, 3.05) is 17.1 Å². The second-order valence-electron chi connectivity index (χ2n) is 8.53. The van der Waals surface area contributed by atoms with Gasteiger partial charge in [-0.15, -0.1) is 0 Å². The van der Waals surface area contributed by atoms with Crippen LogP contribution in [0.3, 0.4) is 0 Å². The molecule has 0 aromatic heterocycles. The Kier molecular flexibility index (Phi) is 8.64. The number of halogens is 6. The maximum absolute atomic E-state index is 14.4. The van der Waals surface area contributed by atoms with E-state index >= 15 is 0 Å². The zero-order valence-corrected chi connectivity index (χ0v) is 22.2. The van der Waals surface area contributed by atoms with Gasteiger partial charge < -0.3 is 5.11 Å². The van der Waals surface area contributed by atoms with Crippen LogP contribution in [-0.4, -0.2) is 47.1 Å². The smallest absolute Gasteiger partial charge is 0.366 e. The molecule has 1 unspecified atom stereocenters. The van der Waals surface area contributed by atoms with E-state index in [9.17, 15) is 48.3 Å². The van der Waals surface area contributed by atoms with E-state index in [1.165, 1.54) is 18.2 Å². The molecule has 0 saturated carbocycles. The monoisotopic (exact) mass is 605 g/mol. The summed E-state index contributed by atoms with van der Waals surface area (Å²) in [6.45, 7) is -1.29. The Bertz CT molecular complexity index is 1630. The Labute approximate surface area is 226 Å². The highest BCUT2D eigenvalue weighted by Gasteiger charge is 2.56. The van der Waals surface area contributed by atoms with Crippen molar-refractivity contribution in [1.29, 1.82) is 0 Å². The molecule has 0 aliphatic heterocycles. The zero-order chi connectivity index (χ0) is 30.0.